The first-order chi connectivity index (χ1) is 14.1. The molecular weight excluding hydrogens is 431 g/mol. The Morgan fingerprint density at radius 1 is 1.23 bits per heavy atom. The molecule has 1 aliphatic carbocycles. The smallest absolute Gasteiger partial charge is 0.374 e. The second kappa shape index (κ2) is 9.12. The molecule has 0 spiro atoms. The van der Waals surface area contributed by atoms with E-state index in [4.69, 9.17) is 17.3 Å². The van der Waals surface area contributed by atoms with Gasteiger partial charge < -0.3 is 10.6 Å². The summed E-state index contributed by atoms with van der Waals surface area (Å²) in [6, 6.07) is 7.15. The number of nitrogens with two attached hydrogens (primary N) is 1. The third-order valence-corrected chi connectivity index (χ3v) is 6.50. The molecular formula is C22H25ClF3N3S. The number of unbranched alkanes of at least 4 members (excludes halogenated alkanes) is 2. The van der Waals surface area contributed by atoms with Gasteiger partial charge in [0.05, 0.1) is 16.8 Å². The summed E-state index contributed by atoms with van der Waals surface area (Å²) in [4.78, 5) is 6.22. The van der Waals surface area contributed by atoms with Gasteiger partial charge in [-0.2, -0.15) is 13.2 Å². The maximum Gasteiger partial charge on any atom is 0.414 e. The molecule has 0 aliphatic heterocycles. The minimum Gasteiger partial charge on any atom is -0.374 e. The molecule has 8 heteroatoms. The number of thiazole rings is 1. The van der Waals surface area contributed by atoms with Gasteiger partial charge in [0, 0.05) is 41.7 Å². The number of allylic oxidation sites excluding steroid dienone is 1. The molecule has 0 fully saturated rings. The van der Waals surface area contributed by atoms with Crippen molar-refractivity contribution in [3.05, 3.63) is 63.1 Å². The van der Waals surface area contributed by atoms with Crippen molar-refractivity contribution in [1.29, 1.82) is 0 Å². The molecule has 0 bridgehead atoms. The maximum atomic E-state index is 13.9. The number of halogens is 4. The lowest BCUT2D eigenvalue weighted by molar-refractivity contribution is -0.0975. The van der Waals surface area contributed by atoms with E-state index < -0.39 is 17.3 Å². The van der Waals surface area contributed by atoms with E-state index in [1.807, 2.05) is 17.5 Å². The van der Waals surface area contributed by atoms with Gasteiger partial charge in [0.1, 0.15) is 5.01 Å². The van der Waals surface area contributed by atoms with Crippen LogP contribution in [0, 0.1) is 0 Å². The fourth-order valence-electron chi connectivity index (χ4n) is 3.48. The predicted molar refractivity (Wildman–Crippen MR) is 117 cm³/mol. The van der Waals surface area contributed by atoms with Crippen LogP contribution in [0.5, 0.6) is 0 Å². The quantitative estimate of drug-likeness (QED) is 0.483. The average molecular weight is 456 g/mol. The number of likely N-dealkylation sites (N-methyl/N-ethyl adjacent to an activating group) is 1. The SMILES string of the molecule is CCCCCN(C)C1=C(C(F)(F)F)CC(N)(c2nc(-c3ccc(Cl)cc3)cs2)C=C1. The summed E-state index contributed by atoms with van der Waals surface area (Å²) >= 11 is 7.19. The van der Waals surface area contributed by atoms with Crippen LogP contribution in [0.25, 0.3) is 11.3 Å². The molecule has 1 unspecified atom stereocenters. The zero-order valence-corrected chi connectivity index (χ0v) is 18.5. The van der Waals surface area contributed by atoms with E-state index in [1.165, 1.54) is 17.4 Å². The summed E-state index contributed by atoms with van der Waals surface area (Å²) in [6.45, 7) is 2.64. The number of hydrogen-bond donors (Lipinski definition) is 1. The Bertz CT molecular complexity index is 934. The van der Waals surface area contributed by atoms with Crippen molar-refractivity contribution in [2.45, 2.75) is 44.3 Å². The summed E-state index contributed by atoms with van der Waals surface area (Å²) in [7, 11) is 1.70. The third-order valence-electron chi connectivity index (χ3n) is 5.21. The van der Waals surface area contributed by atoms with Crippen molar-refractivity contribution in [2.75, 3.05) is 13.6 Å². The third kappa shape index (κ3) is 5.07. The molecule has 1 atom stereocenters. The summed E-state index contributed by atoms with van der Waals surface area (Å²) in [5.74, 6) is 0. The number of rotatable bonds is 7. The number of alkyl halides is 3. The molecule has 30 heavy (non-hydrogen) atoms. The zero-order valence-electron chi connectivity index (χ0n) is 17.0. The van der Waals surface area contributed by atoms with Gasteiger partial charge in [-0.3, -0.25) is 0 Å². The fraction of sp³-hybridized carbons (Fsp3) is 0.409. The standard InChI is InChI=1S/C22H25ClF3N3S/c1-3-4-5-12-29(2)19-10-11-21(27,13-17(19)22(24,25)26)20-28-18(14-30-20)15-6-8-16(23)9-7-15/h6-11,14H,3-5,12-13,27H2,1-2H3. The second-order valence-electron chi connectivity index (χ2n) is 7.59. The molecule has 0 saturated heterocycles. The summed E-state index contributed by atoms with van der Waals surface area (Å²) in [6.07, 6.45) is 1.20. The van der Waals surface area contributed by atoms with Gasteiger partial charge in [0.15, 0.2) is 0 Å². The van der Waals surface area contributed by atoms with Crippen LogP contribution >= 0.6 is 22.9 Å². The Morgan fingerprint density at radius 2 is 1.93 bits per heavy atom. The first-order valence-electron chi connectivity index (χ1n) is 9.85. The predicted octanol–water partition coefficient (Wildman–Crippen LogP) is 6.52. The van der Waals surface area contributed by atoms with Crippen molar-refractivity contribution in [1.82, 2.24) is 9.88 Å². The van der Waals surface area contributed by atoms with E-state index in [1.54, 1.807) is 30.2 Å². The van der Waals surface area contributed by atoms with E-state index >= 15 is 0 Å². The highest BCUT2D eigenvalue weighted by Crippen LogP contribution is 2.43. The molecule has 0 radical (unpaired) electrons. The van der Waals surface area contributed by atoms with Gasteiger partial charge in [-0.05, 0) is 24.6 Å². The van der Waals surface area contributed by atoms with Crippen molar-refractivity contribution in [2.24, 2.45) is 5.73 Å². The van der Waals surface area contributed by atoms with E-state index in [2.05, 4.69) is 11.9 Å². The molecule has 1 aliphatic rings. The molecule has 1 aromatic carbocycles. The first kappa shape index (κ1) is 22.8. The summed E-state index contributed by atoms with van der Waals surface area (Å²) < 4.78 is 41.7. The maximum absolute atomic E-state index is 13.9. The molecule has 1 heterocycles. The highest BCUT2D eigenvalue weighted by atomic mass is 35.5. The number of nitrogens with zero attached hydrogens (tertiary/aromatic N) is 2. The van der Waals surface area contributed by atoms with Gasteiger partial charge in [0.25, 0.3) is 0 Å². The number of aromatic nitrogens is 1. The molecule has 3 nitrogen and oxygen atoms in total. The summed E-state index contributed by atoms with van der Waals surface area (Å²) in [5.41, 5.74) is 6.26. The molecule has 0 amide bonds. The molecule has 2 N–H and O–H groups in total. The van der Waals surface area contributed by atoms with Crippen LogP contribution in [0.2, 0.25) is 5.02 Å². The average Bonchev–Trinajstić information content (AvgIpc) is 3.19. The van der Waals surface area contributed by atoms with Crippen molar-refractivity contribution in [3.8, 4) is 11.3 Å². The van der Waals surface area contributed by atoms with Gasteiger partial charge in [-0.25, -0.2) is 4.98 Å². The van der Waals surface area contributed by atoms with Crippen LogP contribution in [-0.4, -0.2) is 29.7 Å². The van der Waals surface area contributed by atoms with Gasteiger partial charge >= 0.3 is 6.18 Å². The normalized spacial score (nSPS) is 19.4. The Morgan fingerprint density at radius 3 is 2.57 bits per heavy atom. The Labute approximate surface area is 184 Å². The van der Waals surface area contributed by atoms with Crippen molar-refractivity contribution in [3.63, 3.8) is 0 Å². The minimum atomic E-state index is -4.46. The van der Waals surface area contributed by atoms with Crippen LogP contribution in [0.1, 0.15) is 37.6 Å². The van der Waals surface area contributed by atoms with E-state index in [0.29, 0.717) is 22.3 Å². The Kier molecular flexibility index (Phi) is 6.95. The molecule has 2 aromatic rings. The molecule has 162 valence electrons. The Balaban J connectivity index is 1.88. The van der Waals surface area contributed by atoms with Crippen LogP contribution in [0.3, 0.4) is 0 Å². The topological polar surface area (TPSA) is 42.1 Å². The van der Waals surface area contributed by atoms with Crippen LogP contribution < -0.4 is 5.73 Å². The molecule has 0 saturated carbocycles. The largest absolute Gasteiger partial charge is 0.414 e. The highest BCUT2D eigenvalue weighted by molar-refractivity contribution is 7.10. The highest BCUT2D eigenvalue weighted by Gasteiger charge is 2.44. The van der Waals surface area contributed by atoms with Crippen LogP contribution in [-0.2, 0) is 5.54 Å². The van der Waals surface area contributed by atoms with Crippen molar-refractivity contribution >= 4 is 22.9 Å². The molecule has 1 aromatic heterocycles. The van der Waals surface area contributed by atoms with Gasteiger partial charge in [-0.1, -0.05) is 49.6 Å². The van der Waals surface area contributed by atoms with Gasteiger partial charge in [0.2, 0.25) is 0 Å². The van der Waals surface area contributed by atoms with E-state index in [9.17, 15) is 13.2 Å². The van der Waals surface area contributed by atoms with Crippen LogP contribution in [0.4, 0.5) is 13.2 Å². The number of hydrogen-bond acceptors (Lipinski definition) is 4. The first-order valence-corrected chi connectivity index (χ1v) is 11.1. The van der Waals surface area contributed by atoms with E-state index in [-0.39, 0.29) is 12.1 Å². The van der Waals surface area contributed by atoms with Crippen molar-refractivity contribution < 1.29 is 13.2 Å². The Hall–Kier alpha value is -1.83. The number of benzene rings is 1. The lowest BCUT2D eigenvalue weighted by atomic mass is 9.85. The monoisotopic (exact) mass is 455 g/mol. The second-order valence-corrected chi connectivity index (χ2v) is 8.88. The minimum absolute atomic E-state index is 0.189. The molecule has 3 rings (SSSR count). The van der Waals surface area contributed by atoms with Gasteiger partial charge in [-0.15, -0.1) is 11.3 Å². The van der Waals surface area contributed by atoms with E-state index in [0.717, 1.165) is 24.8 Å². The summed E-state index contributed by atoms with van der Waals surface area (Å²) in [5, 5.41) is 2.87. The lowest BCUT2D eigenvalue weighted by Gasteiger charge is -2.34. The zero-order chi connectivity index (χ0) is 21.9. The van der Waals surface area contributed by atoms with Crippen LogP contribution in [0.15, 0.2) is 53.1 Å². The lowest BCUT2D eigenvalue weighted by Crippen LogP contribution is -2.40. The fourth-order valence-corrected chi connectivity index (χ4v) is 4.53.